The molecule has 0 aromatic heterocycles. The van der Waals surface area contributed by atoms with Crippen molar-refractivity contribution in [1.82, 2.24) is 9.80 Å². The highest BCUT2D eigenvalue weighted by Crippen LogP contribution is 2.62. The Balaban J connectivity index is 1.34. The Bertz CT molecular complexity index is 798. The first-order chi connectivity index (χ1) is 14.3. The summed E-state index contributed by atoms with van der Waals surface area (Å²) < 4.78 is 10.7. The molecule has 6 nitrogen and oxygen atoms in total. The van der Waals surface area contributed by atoms with Crippen LogP contribution in [0.1, 0.15) is 43.5 Å². The van der Waals surface area contributed by atoms with Gasteiger partial charge in [0.2, 0.25) is 5.91 Å². The van der Waals surface area contributed by atoms with Gasteiger partial charge >= 0.3 is 0 Å². The molecule has 0 unspecified atom stereocenters. The van der Waals surface area contributed by atoms with Crippen molar-refractivity contribution in [2.24, 2.45) is 22.7 Å². The minimum absolute atomic E-state index is 0.0186. The lowest BCUT2D eigenvalue weighted by Gasteiger charge is -2.56. The molecule has 6 heteroatoms. The summed E-state index contributed by atoms with van der Waals surface area (Å²) in [4.78, 5) is 30.0. The predicted octanol–water partition coefficient (Wildman–Crippen LogP) is 3.07. The van der Waals surface area contributed by atoms with Crippen molar-refractivity contribution in [2.45, 2.75) is 33.1 Å². The Morgan fingerprint density at radius 3 is 2.30 bits per heavy atom. The molecular weight excluding hydrogens is 380 g/mol. The molecule has 0 radical (unpaired) electrons. The second-order valence-corrected chi connectivity index (χ2v) is 10.0. The number of benzene rings is 1. The minimum atomic E-state index is 0.0186. The summed E-state index contributed by atoms with van der Waals surface area (Å²) in [6, 6.07) is 7.22. The fourth-order valence-electron chi connectivity index (χ4n) is 6.28. The molecule has 2 aliphatic heterocycles. The van der Waals surface area contributed by atoms with E-state index in [2.05, 4.69) is 18.7 Å². The fraction of sp³-hybridized carbons (Fsp3) is 0.667. The Morgan fingerprint density at radius 2 is 1.73 bits per heavy atom. The summed E-state index contributed by atoms with van der Waals surface area (Å²) in [5.74, 6) is 1.58. The summed E-state index contributed by atoms with van der Waals surface area (Å²) in [6.45, 7) is 8.28. The van der Waals surface area contributed by atoms with E-state index in [1.54, 1.807) is 26.4 Å². The third-order valence-electron chi connectivity index (χ3n) is 7.61. The van der Waals surface area contributed by atoms with E-state index >= 15 is 0 Å². The maximum absolute atomic E-state index is 13.3. The van der Waals surface area contributed by atoms with Crippen LogP contribution in [0.2, 0.25) is 0 Å². The van der Waals surface area contributed by atoms with Crippen LogP contribution in [0.15, 0.2) is 24.3 Å². The number of hydrogen-bond donors (Lipinski definition) is 0. The standard InChI is InChI=1S/C24H34N2O4/c1-23(2)14-24(16-29-3)15-26(13-20(23)24)22(28)18-9-11-25(12-10-18)21(27)17-5-7-19(30-4)8-6-17/h5-8,18,20H,9-16H2,1-4H3/t20-,24-/m1/s1. The smallest absolute Gasteiger partial charge is 0.253 e. The molecule has 0 spiro atoms. The number of piperidine rings is 1. The van der Waals surface area contributed by atoms with E-state index in [9.17, 15) is 9.59 Å². The lowest BCUT2D eigenvalue weighted by atomic mass is 9.48. The molecule has 1 aromatic rings. The second kappa shape index (κ2) is 7.88. The largest absolute Gasteiger partial charge is 0.497 e. The van der Waals surface area contributed by atoms with Crippen LogP contribution >= 0.6 is 0 Å². The lowest BCUT2D eigenvalue weighted by molar-refractivity contribution is -0.136. The van der Waals surface area contributed by atoms with Crippen LogP contribution in [0.3, 0.4) is 0 Å². The first kappa shape index (κ1) is 21.2. The highest BCUT2D eigenvalue weighted by Gasteiger charge is 2.63. The number of rotatable bonds is 5. The number of carbonyl (C=O) groups excluding carboxylic acids is 2. The quantitative estimate of drug-likeness (QED) is 0.743. The van der Waals surface area contributed by atoms with Crippen LogP contribution in [0.4, 0.5) is 0 Å². The van der Waals surface area contributed by atoms with Crippen molar-refractivity contribution in [3.05, 3.63) is 29.8 Å². The first-order valence-corrected chi connectivity index (χ1v) is 11.0. The topological polar surface area (TPSA) is 59.1 Å². The van der Waals surface area contributed by atoms with E-state index in [0.717, 1.165) is 44.7 Å². The first-order valence-electron chi connectivity index (χ1n) is 11.0. The van der Waals surface area contributed by atoms with Crippen molar-refractivity contribution < 1.29 is 19.1 Å². The van der Waals surface area contributed by atoms with Gasteiger partial charge in [-0.1, -0.05) is 13.8 Å². The van der Waals surface area contributed by atoms with Gasteiger partial charge in [-0.25, -0.2) is 0 Å². The SMILES string of the molecule is COC[C@@]12CN(C(=O)C3CCN(C(=O)c4ccc(OC)cc4)CC3)C[C@@H]1C(C)(C)C2. The highest BCUT2D eigenvalue weighted by atomic mass is 16.5. The number of nitrogens with zero attached hydrogens (tertiary/aromatic N) is 2. The second-order valence-electron chi connectivity index (χ2n) is 10.0. The van der Waals surface area contributed by atoms with Crippen molar-refractivity contribution in [2.75, 3.05) is 47.0 Å². The molecule has 2 atom stereocenters. The Labute approximate surface area is 179 Å². The van der Waals surface area contributed by atoms with E-state index < -0.39 is 0 Å². The van der Waals surface area contributed by atoms with Gasteiger partial charge in [-0.15, -0.1) is 0 Å². The number of fused-ring (bicyclic) bond motifs is 1. The average molecular weight is 415 g/mol. The van der Waals surface area contributed by atoms with Crippen LogP contribution in [0, 0.1) is 22.7 Å². The van der Waals surface area contributed by atoms with Crippen LogP contribution in [-0.4, -0.2) is 68.6 Å². The van der Waals surface area contributed by atoms with Gasteiger partial charge in [-0.3, -0.25) is 9.59 Å². The maximum Gasteiger partial charge on any atom is 0.253 e. The molecule has 1 saturated carbocycles. The van der Waals surface area contributed by atoms with Crippen LogP contribution in [0.25, 0.3) is 0 Å². The zero-order chi connectivity index (χ0) is 21.5. The molecule has 3 aliphatic rings. The summed E-state index contributed by atoms with van der Waals surface area (Å²) in [5.41, 5.74) is 1.08. The number of likely N-dealkylation sites (tertiary alicyclic amines) is 2. The third kappa shape index (κ3) is 3.59. The predicted molar refractivity (Wildman–Crippen MR) is 114 cm³/mol. The van der Waals surface area contributed by atoms with Crippen molar-refractivity contribution in [1.29, 1.82) is 0 Å². The summed E-state index contributed by atoms with van der Waals surface area (Å²) in [7, 11) is 3.37. The molecule has 1 aromatic carbocycles. The van der Waals surface area contributed by atoms with E-state index in [1.165, 1.54) is 0 Å². The van der Waals surface area contributed by atoms with Gasteiger partial charge in [0.1, 0.15) is 5.75 Å². The van der Waals surface area contributed by atoms with E-state index in [0.29, 0.717) is 24.6 Å². The maximum atomic E-state index is 13.3. The molecule has 4 rings (SSSR count). The van der Waals surface area contributed by atoms with Crippen molar-refractivity contribution >= 4 is 11.8 Å². The lowest BCUT2D eigenvalue weighted by Crippen LogP contribution is -2.55. The van der Waals surface area contributed by atoms with Gasteiger partial charge in [0.15, 0.2) is 0 Å². The minimum Gasteiger partial charge on any atom is -0.497 e. The van der Waals surface area contributed by atoms with Gasteiger partial charge in [-0.05, 0) is 54.9 Å². The Kier molecular flexibility index (Phi) is 5.56. The zero-order valence-corrected chi connectivity index (χ0v) is 18.6. The third-order valence-corrected chi connectivity index (χ3v) is 7.61. The average Bonchev–Trinajstić information content (AvgIpc) is 3.07. The monoisotopic (exact) mass is 414 g/mol. The number of carbonyl (C=O) groups is 2. The van der Waals surface area contributed by atoms with Crippen molar-refractivity contribution in [3.63, 3.8) is 0 Å². The molecule has 2 amide bonds. The van der Waals surface area contributed by atoms with Gasteiger partial charge in [0.25, 0.3) is 5.91 Å². The molecule has 2 saturated heterocycles. The zero-order valence-electron chi connectivity index (χ0n) is 18.6. The number of hydrogen-bond acceptors (Lipinski definition) is 4. The van der Waals surface area contributed by atoms with Gasteiger partial charge in [0, 0.05) is 50.2 Å². The van der Waals surface area contributed by atoms with Gasteiger partial charge in [-0.2, -0.15) is 0 Å². The normalized spacial score (nSPS) is 28.1. The molecule has 0 N–H and O–H groups in total. The molecule has 0 bridgehead atoms. The molecule has 2 heterocycles. The van der Waals surface area contributed by atoms with Crippen molar-refractivity contribution in [3.8, 4) is 5.75 Å². The molecule has 1 aliphatic carbocycles. The fourth-order valence-corrected chi connectivity index (χ4v) is 6.28. The van der Waals surface area contributed by atoms with E-state index in [-0.39, 0.29) is 28.6 Å². The van der Waals surface area contributed by atoms with Crippen LogP contribution in [-0.2, 0) is 9.53 Å². The van der Waals surface area contributed by atoms with Crippen LogP contribution in [0.5, 0.6) is 5.75 Å². The number of ether oxygens (including phenoxy) is 2. The molecular formula is C24H34N2O4. The van der Waals surface area contributed by atoms with Gasteiger partial charge in [0.05, 0.1) is 13.7 Å². The van der Waals surface area contributed by atoms with E-state index in [1.807, 2.05) is 17.0 Å². The highest BCUT2D eigenvalue weighted by molar-refractivity contribution is 5.94. The van der Waals surface area contributed by atoms with E-state index in [4.69, 9.17) is 9.47 Å². The molecule has 3 fully saturated rings. The molecule has 164 valence electrons. The summed E-state index contributed by atoms with van der Waals surface area (Å²) >= 11 is 0. The summed E-state index contributed by atoms with van der Waals surface area (Å²) in [6.07, 6.45) is 2.60. The number of methoxy groups -OCH3 is 2. The van der Waals surface area contributed by atoms with Crippen LogP contribution < -0.4 is 4.74 Å². The van der Waals surface area contributed by atoms with Gasteiger partial charge < -0.3 is 19.3 Å². The molecule has 30 heavy (non-hydrogen) atoms. The Morgan fingerprint density at radius 1 is 1.07 bits per heavy atom. The Hall–Kier alpha value is -2.08. The number of amides is 2. The summed E-state index contributed by atoms with van der Waals surface area (Å²) in [5, 5.41) is 0.